The van der Waals surface area contributed by atoms with Gasteiger partial charge in [-0.2, -0.15) is 0 Å². The number of hydrogen-bond donors (Lipinski definition) is 25. The van der Waals surface area contributed by atoms with Crippen molar-refractivity contribution in [1.82, 2.24) is 101 Å². The molecule has 0 spiro atoms. The van der Waals surface area contributed by atoms with Crippen LogP contribution in [-0.4, -0.2) is 328 Å². The first-order valence-corrected chi connectivity index (χ1v) is 47.2. The average molecular weight is 1960 g/mol. The van der Waals surface area contributed by atoms with Crippen molar-refractivity contribution in [1.29, 1.82) is 0 Å². The lowest BCUT2D eigenvalue weighted by atomic mass is 10.0. The highest BCUT2D eigenvalue weighted by molar-refractivity contribution is 8.00. The molecule has 131 heavy (non-hydrogen) atoms. The van der Waals surface area contributed by atoms with Crippen LogP contribution in [0.4, 0.5) is 0 Å². The Morgan fingerprint density at radius 1 is 0.405 bits per heavy atom. The fraction of sp³-hybridized carbons (Fsp3) is 0.558. The fourth-order valence-electron chi connectivity index (χ4n) is 11.3. The molecule has 3 rings (SSSR count). The third-order valence-electron chi connectivity index (χ3n) is 18.2. The summed E-state index contributed by atoms with van der Waals surface area (Å²) < 4.78 is 0. The van der Waals surface area contributed by atoms with Gasteiger partial charge in [0.05, 0.1) is 60.4 Å². The fourth-order valence-corrected chi connectivity index (χ4v) is 16.6. The number of phenols is 2. The standard InChI is InChI=1S/C77H115N21O27S6/c1-38(65(112)93-59(31-131-37-86-45(8)105)73(120)97-64(39(2)99)75(122)80-25-62(109)88-55(27-127-33-82-41(4)101)69(116)92-54(77(124)125)23-47-13-17-49(107)18-14-47)87-74(121)60-10-9-21-98(60)76(123)53(24-61(79)108)91-71(118)57(29-129-35-84-43(6)103)96-72(119)58(30-130-36-85-44(7)104)95-68(115)52(22-46-11-15-48(106)16-12-46)90-67(114)51(19-20-63(110)111)89-70(117)56(28-128-34-83-42(5)102)94-66(113)50(78)26-126-32-81-40(3)100/h11-18,38-39,50-60,64,99,106-107H,9-10,19-37,78H2,1-8H3,(H2,79,108)(H,80,122)(H,81,100)(H,82,101)(H,83,102)(H,84,103)(H,85,104)(H,86,105)(H,87,121)(H,88,109)(H,89,117)(H,90,114)(H,91,118)(H,92,116)(H,93,112)(H,94,113)(H,95,115)(H,96,119)(H,97,120)(H,110,111)(H,124,125)/t38-,39+,50-,51-,52-,53-,54-,55-,56-,57-,58-,59-,60-,64-/m0/s1. The van der Waals surface area contributed by atoms with Gasteiger partial charge in [0.1, 0.15) is 84.0 Å². The molecule has 0 bridgehead atoms. The van der Waals surface area contributed by atoms with Crippen LogP contribution in [0.3, 0.4) is 0 Å². The third kappa shape index (κ3) is 46.2. The number of likely N-dealkylation sites (tertiary alicyclic amines) is 1. The molecule has 0 aromatic heterocycles. The Kier molecular flexibility index (Phi) is 52.3. The first-order chi connectivity index (χ1) is 61.7. The van der Waals surface area contributed by atoms with E-state index in [1.54, 1.807) is 0 Å². The molecule has 0 aliphatic carbocycles. The van der Waals surface area contributed by atoms with E-state index in [2.05, 4.69) is 95.7 Å². The number of aliphatic hydroxyl groups excluding tert-OH is 1. The summed E-state index contributed by atoms with van der Waals surface area (Å²) >= 11 is 5.59. The minimum absolute atomic E-state index is 0.0488. The molecule has 0 radical (unpaired) electrons. The molecule has 726 valence electrons. The maximum absolute atomic E-state index is 14.9. The van der Waals surface area contributed by atoms with E-state index in [4.69, 9.17) is 11.5 Å². The minimum Gasteiger partial charge on any atom is -0.508 e. The Morgan fingerprint density at radius 3 is 1.13 bits per heavy atom. The van der Waals surface area contributed by atoms with Gasteiger partial charge in [-0.25, -0.2) is 4.79 Å². The van der Waals surface area contributed by atoms with Crippen LogP contribution in [0.1, 0.15) is 98.6 Å². The number of carboxylic acids is 2. The molecular weight excluding hydrogens is 1840 g/mol. The normalized spacial score (nSPS) is 15.0. The van der Waals surface area contributed by atoms with Crippen LogP contribution in [-0.2, 0) is 118 Å². The van der Waals surface area contributed by atoms with E-state index in [9.17, 15) is 131 Å². The number of nitrogens with two attached hydrogens (primary N) is 2. The monoisotopic (exact) mass is 1960 g/mol. The zero-order valence-corrected chi connectivity index (χ0v) is 77.7. The summed E-state index contributed by atoms with van der Waals surface area (Å²) in [5, 5.41) is 94.5. The first kappa shape index (κ1) is 114. The number of aromatic hydroxyl groups is 2. The highest BCUT2D eigenvalue weighted by Crippen LogP contribution is 2.22. The Hall–Kier alpha value is -11.6. The third-order valence-corrected chi connectivity index (χ3v) is 23.7. The van der Waals surface area contributed by atoms with Crippen LogP contribution < -0.4 is 107 Å². The Labute approximate surface area is 778 Å². The average Bonchev–Trinajstić information content (AvgIpc) is 1.71. The van der Waals surface area contributed by atoms with Crippen LogP contribution in [0.2, 0.25) is 0 Å². The zero-order chi connectivity index (χ0) is 98.1. The van der Waals surface area contributed by atoms with Crippen molar-refractivity contribution in [2.75, 3.05) is 82.9 Å². The van der Waals surface area contributed by atoms with E-state index in [1.165, 1.54) is 97.0 Å². The summed E-state index contributed by atoms with van der Waals surface area (Å²) in [4.78, 5) is 294. The number of amides is 20. The number of aliphatic carboxylic acids is 2. The number of thioether (sulfide) groups is 6. The molecule has 2 aromatic carbocycles. The van der Waals surface area contributed by atoms with Gasteiger partial charge in [-0.05, 0) is 68.5 Å². The van der Waals surface area contributed by atoms with Gasteiger partial charge >= 0.3 is 11.9 Å². The van der Waals surface area contributed by atoms with Gasteiger partial charge in [0, 0.05) is 102 Å². The van der Waals surface area contributed by atoms with Crippen LogP contribution >= 0.6 is 70.6 Å². The summed E-state index contributed by atoms with van der Waals surface area (Å²) in [6, 6.07) is -10.8. The maximum Gasteiger partial charge on any atom is 0.326 e. The molecule has 0 unspecified atom stereocenters. The summed E-state index contributed by atoms with van der Waals surface area (Å²) in [5.41, 5.74) is 12.4. The minimum atomic E-state index is -1.92. The number of aliphatic hydroxyl groups is 1. The second-order valence-corrected chi connectivity index (χ2v) is 35.4. The maximum atomic E-state index is 14.9. The Morgan fingerprint density at radius 2 is 0.740 bits per heavy atom. The largest absolute Gasteiger partial charge is 0.508 e. The van der Waals surface area contributed by atoms with Crippen LogP contribution in [0.5, 0.6) is 11.5 Å². The van der Waals surface area contributed by atoms with E-state index in [0.29, 0.717) is 5.56 Å². The van der Waals surface area contributed by atoms with Crippen molar-refractivity contribution < 1.29 is 131 Å². The predicted molar refractivity (Wildman–Crippen MR) is 483 cm³/mol. The second kappa shape index (κ2) is 60.4. The quantitative estimate of drug-likeness (QED) is 0.0216. The highest BCUT2D eigenvalue weighted by Gasteiger charge is 2.42. The van der Waals surface area contributed by atoms with E-state index < -0.39 is 253 Å². The second-order valence-electron chi connectivity index (χ2n) is 29.3. The number of nitrogens with one attached hydrogen (secondary N) is 18. The first-order valence-electron chi connectivity index (χ1n) is 40.3. The molecule has 48 nitrogen and oxygen atoms in total. The van der Waals surface area contributed by atoms with E-state index >= 15 is 0 Å². The van der Waals surface area contributed by atoms with Crippen molar-refractivity contribution in [3.05, 3.63) is 59.7 Å². The Bertz CT molecular complexity index is 4320. The van der Waals surface area contributed by atoms with Crippen molar-refractivity contribution in [2.45, 2.75) is 185 Å². The van der Waals surface area contributed by atoms with Gasteiger partial charge in [0.15, 0.2) is 0 Å². The molecule has 0 saturated carbocycles. The number of benzene rings is 2. The number of rotatable bonds is 60. The number of phenolic OH excluding ortho intramolecular Hbond substituents is 2. The SMILES string of the molecule is CC(=O)NCSC[C@H](NC(=O)CNC(=O)[C@@H](NC(=O)[C@H](CSCNC(C)=O)NC(=O)[C@H](C)NC(=O)[C@@H]1CCCN1C(=O)[C@H](CC(N)=O)NC(=O)[C@H](CSCNC(C)=O)NC(=O)[C@H](CSCNC(C)=O)NC(=O)[C@H](Cc1ccc(O)cc1)NC(=O)[C@H](CCC(=O)O)NC(=O)[C@H](CSCNC(C)=O)NC(=O)[C@@H](N)CSCNC(C)=O)[C@@H](C)O)C(=O)N[C@@H](Cc1ccc(O)cc1)C(=O)O. The van der Waals surface area contributed by atoms with E-state index in [0.717, 1.165) is 82.4 Å². The van der Waals surface area contributed by atoms with Gasteiger partial charge in [-0.15, -0.1) is 70.6 Å². The number of carboxylic acid groups (broad SMARTS) is 2. The van der Waals surface area contributed by atoms with Gasteiger partial charge < -0.3 is 138 Å². The lowest BCUT2D eigenvalue weighted by Crippen LogP contribution is -2.62. The van der Waals surface area contributed by atoms with Gasteiger partial charge in [-0.1, -0.05) is 24.3 Å². The van der Waals surface area contributed by atoms with Gasteiger partial charge in [0.25, 0.3) is 0 Å². The summed E-state index contributed by atoms with van der Waals surface area (Å²) in [7, 11) is 0. The van der Waals surface area contributed by atoms with Crippen molar-refractivity contribution >= 4 is 201 Å². The van der Waals surface area contributed by atoms with Crippen LogP contribution in [0.25, 0.3) is 0 Å². The van der Waals surface area contributed by atoms with E-state index in [-0.39, 0.29) is 107 Å². The summed E-state index contributed by atoms with van der Waals surface area (Å²) in [6.45, 7) is 8.40. The number of hydrogen-bond acceptors (Lipinski definition) is 32. The van der Waals surface area contributed by atoms with Gasteiger partial charge in [0.2, 0.25) is 118 Å². The molecule has 1 saturated heterocycles. The topological polar surface area (TPSA) is 749 Å². The molecule has 2 aromatic rings. The molecule has 1 aliphatic heterocycles. The van der Waals surface area contributed by atoms with E-state index in [1.807, 2.05) is 0 Å². The summed E-state index contributed by atoms with van der Waals surface area (Å²) in [6.07, 6.45) is -4.79. The Balaban J connectivity index is 1.96. The molecule has 20 amide bonds. The lowest BCUT2D eigenvalue weighted by Gasteiger charge is -2.30. The zero-order valence-electron chi connectivity index (χ0n) is 72.8. The van der Waals surface area contributed by atoms with Crippen molar-refractivity contribution in [2.24, 2.45) is 11.5 Å². The lowest BCUT2D eigenvalue weighted by molar-refractivity contribution is -0.143. The van der Waals surface area contributed by atoms with Crippen molar-refractivity contribution in [3.8, 4) is 11.5 Å². The van der Waals surface area contributed by atoms with Gasteiger partial charge in [-0.3, -0.25) is 101 Å². The van der Waals surface area contributed by atoms with Crippen LogP contribution in [0.15, 0.2) is 48.5 Å². The molecule has 1 heterocycles. The molecule has 54 heteroatoms. The number of carbonyl (C=O) groups is 22. The molecule has 14 atom stereocenters. The number of nitrogens with zero attached hydrogens (tertiary/aromatic N) is 1. The van der Waals surface area contributed by atoms with Crippen LogP contribution in [0, 0.1) is 0 Å². The molecular formula is C77H115N21O27S6. The molecule has 1 fully saturated rings. The summed E-state index contributed by atoms with van der Waals surface area (Å²) in [5.74, 6) is -23.7. The number of carbonyl (C=O) groups excluding carboxylic acids is 20. The molecule has 1 aliphatic rings. The smallest absolute Gasteiger partial charge is 0.326 e. The number of primary amides is 1. The van der Waals surface area contributed by atoms with Crippen molar-refractivity contribution in [3.63, 3.8) is 0 Å². The molecule has 27 N–H and O–H groups in total. The highest BCUT2D eigenvalue weighted by atomic mass is 32.2. The predicted octanol–water partition coefficient (Wildman–Crippen LogP) is -8.16.